The van der Waals surface area contributed by atoms with Crippen LogP contribution in [0.15, 0.2) is 6.20 Å². The molecule has 0 radical (unpaired) electrons. The van der Waals surface area contributed by atoms with Crippen LogP contribution in [-0.2, 0) is 11.3 Å². The summed E-state index contributed by atoms with van der Waals surface area (Å²) in [5, 5.41) is 13.3. The van der Waals surface area contributed by atoms with Crippen molar-refractivity contribution in [1.82, 2.24) is 10.3 Å². The average molecular weight is 242 g/mol. The molecule has 0 fully saturated rings. The molecule has 1 unspecified atom stereocenters. The molecule has 90 valence electrons. The normalized spacial score (nSPS) is 14.7. The topological polar surface area (TPSA) is 62.2 Å². The number of nitrogens with zero attached hydrogens (tertiary/aromatic N) is 1. The Morgan fingerprint density at radius 1 is 1.69 bits per heavy atom. The summed E-state index contributed by atoms with van der Waals surface area (Å²) >= 11 is 1.59. The number of aryl methyl sites for hydroxylation is 1. The van der Waals surface area contributed by atoms with Crippen molar-refractivity contribution >= 4 is 17.3 Å². The van der Waals surface area contributed by atoms with Crippen molar-refractivity contribution in [2.45, 2.75) is 45.7 Å². The van der Waals surface area contributed by atoms with Gasteiger partial charge in [-0.3, -0.25) is 10.1 Å². The molecule has 4 nitrogen and oxygen atoms in total. The molecule has 0 saturated heterocycles. The lowest BCUT2D eigenvalue weighted by molar-refractivity contribution is -0.144. The number of carbonyl (C=O) groups is 1. The summed E-state index contributed by atoms with van der Waals surface area (Å²) in [6.07, 6.45) is 3.26. The Morgan fingerprint density at radius 3 is 2.81 bits per heavy atom. The molecule has 1 atom stereocenters. The molecule has 0 aliphatic rings. The van der Waals surface area contributed by atoms with Gasteiger partial charge >= 0.3 is 5.97 Å². The van der Waals surface area contributed by atoms with Crippen LogP contribution < -0.4 is 5.32 Å². The fourth-order valence-electron chi connectivity index (χ4n) is 1.54. The predicted molar refractivity (Wildman–Crippen MR) is 64.6 cm³/mol. The Kier molecular flexibility index (Phi) is 4.44. The zero-order chi connectivity index (χ0) is 12.2. The molecular weight excluding hydrogens is 224 g/mol. The third-order valence-electron chi connectivity index (χ3n) is 2.54. The van der Waals surface area contributed by atoms with Crippen molar-refractivity contribution in [1.29, 1.82) is 0 Å². The monoisotopic (exact) mass is 242 g/mol. The molecule has 1 aromatic rings. The number of thiazole rings is 1. The number of carboxylic acids is 1. The van der Waals surface area contributed by atoms with Crippen molar-refractivity contribution in [3.05, 3.63) is 16.1 Å². The second-order valence-corrected chi connectivity index (χ2v) is 5.41. The van der Waals surface area contributed by atoms with Crippen LogP contribution in [-0.4, -0.2) is 21.6 Å². The third kappa shape index (κ3) is 3.28. The van der Waals surface area contributed by atoms with Gasteiger partial charge in [-0.2, -0.15) is 0 Å². The molecule has 1 rings (SSSR count). The van der Waals surface area contributed by atoms with E-state index in [1.165, 1.54) is 0 Å². The molecule has 2 N–H and O–H groups in total. The maximum atomic E-state index is 11.2. The predicted octanol–water partition coefficient (Wildman–Crippen LogP) is 2.18. The van der Waals surface area contributed by atoms with Gasteiger partial charge in [0.1, 0.15) is 5.54 Å². The highest BCUT2D eigenvalue weighted by molar-refractivity contribution is 7.11. The van der Waals surface area contributed by atoms with Crippen LogP contribution in [0.2, 0.25) is 0 Å². The molecule has 0 aliphatic heterocycles. The Morgan fingerprint density at radius 2 is 2.38 bits per heavy atom. The summed E-state index contributed by atoms with van der Waals surface area (Å²) in [6.45, 7) is 6.22. The zero-order valence-electron chi connectivity index (χ0n) is 9.91. The van der Waals surface area contributed by atoms with E-state index in [9.17, 15) is 9.90 Å². The van der Waals surface area contributed by atoms with Crippen LogP contribution >= 0.6 is 11.3 Å². The number of hydrogen-bond acceptors (Lipinski definition) is 4. The summed E-state index contributed by atoms with van der Waals surface area (Å²) < 4.78 is 0. The Bertz CT molecular complexity index is 365. The quantitative estimate of drug-likeness (QED) is 0.802. The number of nitrogens with one attached hydrogen (secondary N) is 1. The van der Waals surface area contributed by atoms with Crippen LogP contribution in [0.3, 0.4) is 0 Å². The molecule has 0 aromatic carbocycles. The molecule has 5 heteroatoms. The van der Waals surface area contributed by atoms with Gasteiger partial charge in [0.15, 0.2) is 0 Å². The highest BCUT2D eigenvalue weighted by atomic mass is 32.1. The third-order valence-corrected chi connectivity index (χ3v) is 3.46. The molecule has 0 amide bonds. The smallest absolute Gasteiger partial charge is 0.323 e. The lowest BCUT2D eigenvalue weighted by Gasteiger charge is -2.25. The van der Waals surface area contributed by atoms with Crippen LogP contribution in [0.1, 0.15) is 36.6 Å². The number of carboxylic acid groups (broad SMARTS) is 1. The minimum absolute atomic E-state index is 0.564. The number of rotatable bonds is 6. The van der Waals surface area contributed by atoms with E-state index in [-0.39, 0.29) is 0 Å². The summed E-state index contributed by atoms with van der Waals surface area (Å²) in [7, 11) is 0. The van der Waals surface area contributed by atoms with Crippen LogP contribution in [0.5, 0.6) is 0 Å². The van der Waals surface area contributed by atoms with E-state index in [0.717, 1.165) is 16.3 Å². The summed E-state index contributed by atoms with van der Waals surface area (Å²) in [4.78, 5) is 16.4. The molecule has 0 aliphatic carbocycles. The van der Waals surface area contributed by atoms with Crippen molar-refractivity contribution < 1.29 is 9.90 Å². The first-order valence-electron chi connectivity index (χ1n) is 5.37. The van der Waals surface area contributed by atoms with Gasteiger partial charge in [-0.15, -0.1) is 11.3 Å². The summed E-state index contributed by atoms with van der Waals surface area (Å²) in [5.74, 6) is -0.796. The Balaban J connectivity index is 2.60. The first-order chi connectivity index (χ1) is 7.48. The van der Waals surface area contributed by atoms with E-state index >= 15 is 0 Å². The lowest BCUT2D eigenvalue weighted by Crippen LogP contribution is -2.48. The van der Waals surface area contributed by atoms with Crippen molar-refractivity contribution in [2.24, 2.45) is 0 Å². The second kappa shape index (κ2) is 5.41. The molecule has 1 heterocycles. The maximum absolute atomic E-state index is 11.2. The maximum Gasteiger partial charge on any atom is 0.323 e. The van der Waals surface area contributed by atoms with E-state index < -0.39 is 11.5 Å². The van der Waals surface area contributed by atoms with Gasteiger partial charge in [-0.25, -0.2) is 4.98 Å². The van der Waals surface area contributed by atoms with Crippen molar-refractivity contribution in [3.8, 4) is 0 Å². The van der Waals surface area contributed by atoms with Crippen LogP contribution in [0.25, 0.3) is 0 Å². The van der Waals surface area contributed by atoms with E-state index in [1.54, 1.807) is 24.5 Å². The highest BCUT2D eigenvalue weighted by Gasteiger charge is 2.31. The van der Waals surface area contributed by atoms with Gasteiger partial charge in [0, 0.05) is 17.6 Å². The minimum Gasteiger partial charge on any atom is -0.480 e. The van der Waals surface area contributed by atoms with Gasteiger partial charge < -0.3 is 5.11 Å². The molecule has 1 aromatic heterocycles. The average Bonchev–Trinajstić information content (AvgIpc) is 2.61. The second-order valence-electron chi connectivity index (χ2n) is 4.09. The highest BCUT2D eigenvalue weighted by Crippen LogP contribution is 2.16. The number of aliphatic carboxylic acids is 1. The van der Waals surface area contributed by atoms with Crippen LogP contribution in [0.4, 0.5) is 0 Å². The van der Waals surface area contributed by atoms with Crippen molar-refractivity contribution in [2.75, 3.05) is 0 Å². The largest absolute Gasteiger partial charge is 0.480 e. The lowest BCUT2D eigenvalue weighted by atomic mass is 9.96. The molecule has 0 saturated carbocycles. The Hall–Kier alpha value is -0.940. The summed E-state index contributed by atoms with van der Waals surface area (Å²) in [6, 6.07) is 0. The number of aromatic nitrogens is 1. The van der Waals surface area contributed by atoms with Crippen LogP contribution in [0, 0.1) is 6.92 Å². The molecular formula is C11H18N2O2S. The van der Waals surface area contributed by atoms with Gasteiger partial charge in [-0.05, 0) is 20.3 Å². The molecule has 0 spiro atoms. The number of hydrogen-bond donors (Lipinski definition) is 2. The standard InChI is InChI=1S/C11H18N2O2S/c1-4-5-11(3,10(14)15)13-7-9-6-12-8(2)16-9/h6,13H,4-5,7H2,1-3H3,(H,14,15). The Labute approximate surface area is 99.7 Å². The van der Waals surface area contributed by atoms with Gasteiger partial charge in [0.05, 0.1) is 5.01 Å². The van der Waals surface area contributed by atoms with E-state index in [2.05, 4.69) is 10.3 Å². The minimum atomic E-state index is -0.841. The SMILES string of the molecule is CCCC(C)(NCc1cnc(C)s1)C(=O)O. The van der Waals surface area contributed by atoms with Crippen molar-refractivity contribution in [3.63, 3.8) is 0 Å². The van der Waals surface area contributed by atoms with E-state index in [4.69, 9.17) is 0 Å². The zero-order valence-corrected chi connectivity index (χ0v) is 10.7. The van der Waals surface area contributed by atoms with E-state index in [1.807, 2.05) is 13.8 Å². The fraction of sp³-hybridized carbons (Fsp3) is 0.636. The first kappa shape index (κ1) is 13.1. The molecule has 16 heavy (non-hydrogen) atoms. The fourth-order valence-corrected chi connectivity index (χ4v) is 2.27. The van der Waals surface area contributed by atoms with Gasteiger partial charge in [-0.1, -0.05) is 13.3 Å². The first-order valence-corrected chi connectivity index (χ1v) is 6.19. The molecule has 0 bridgehead atoms. The van der Waals surface area contributed by atoms with E-state index in [0.29, 0.717) is 13.0 Å². The van der Waals surface area contributed by atoms with Gasteiger partial charge in [0.25, 0.3) is 0 Å². The van der Waals surface area contributed by atoms with Gasteiger partial charge in [0.2, 0.25) is 0 Å². The summed E-state index contributed by atoms with van der Waals surface area (Å²) in [5.41, 5.74) is -0.841.